The van der Waals surface area contributed by atoms with E-state index in [1.165, 1.54) is 24.0 Å². The zero-order valence-electron chi connectivity index (χ0n) is 29.0. The van der Waals surface area contributed by atoms with Crippen LogP contribution in [0.25, 0.3) is 0 Å². The third-order valence-corrected chi connectivity index (χ3v) is 13.2. The summed E-state index contributed by atoms with van der Waals surface area (Å²) in [6, 6.07) is 13.6. The second kappa shape index (κ2) is 15.9. The Morgan fingerprint density at radius 2 is 1.85 bits per heavy atom. The van der Waals surface area contributed by atoms with Gasteiger partial charge in [0.15, 0.2) is 6.29 Å². The van der Waals surface area contributed by atoms with Gasteiger partial charge in [0.1, 0.15) is 28.9 Å². The maximum atomic E-state index is 12.9. The summed E-state index contributed by atoms with van der Waals surface area (Å²) >= 11 is 6.46. The third-order valence-electron chi connectivity index (χ3n) is 11.4. The molecule has 48 heavy (non-hydrogen) atoms. The highest BCUT2D eigenvalue weighted by Gasteiger charge is 2.44. The van der Waals surface area contributed by atoms with Crippen LogP contribution in [0.5, 0.6) is 5.75 Å². The van der Waals surface area contributed by atoms with Gasteiger partial charge in [0.25, 0.3) is 5.91 Å². The fourth-order valence-corrected chi connectivity index (χ4v) is 9.56. The van der Waals surface area contributed by atoms with Crippen molar-refractivity contribution in [2.45, 2.75) is 101 Å². The number of ether oxygens (including phenoxy) is 3. The lowest BCUT2D eigenvalue weighted by molar-refractivity contribution is -0.0977. The van der Waals surface area contributed by atoms with Crippen LogP contribution in [0.2, 0.25) is 5.02 Å². The molecular formula is C38H54ClN3O5S. The number of aryl methyl sites for hydroxylation is 1. The van der Waals surface area contributed by atoms with E-state index in [0.717, 1.165) is 75.5 Å². The molecule has 0 spiro atoms. The van der Waals surface area contributed by atoms with Crippen molar-refractivity contribution < 1.29 is 23.2 Å². The average Bonchev–Trinajstić information content (AvgIpc) is 3.67. The molecule has 1 amide bonds. The van der Waals surface area contributed by atoms with Gasteiger partial charge in [-0.05, 0) is 118 Å². The number of nitrogens with zero attached hydrogens (tertiary/aromatic N) is 1. The number of fused-ring (bicyclic) bond motifs is 2. The highest BCUT2D eigenvalue weighted by Crippen LogP contribution is 2.43. The van der Waals surface area contributed by atoms with Crippen LogP contribution in [-0.4, -0.2) is 78.6 Å². The van der Waals surface area contributed by atoms with Crippen molar-refractivity contribution in [2.24, 2.45) is 17.8 Å². The standard InChI is InChI=1S/C38H54ClN3O5S/c1-5-7-25(2)26(3)48(44)41-37(43)27-11-14-32(15-12-27)45-24-38(17-6-8-29-18-31(39)13-16-33(29)38)23-42(4)22-30-10-9-28(30)19-36-46-34-20-40-21-35(34)47-36/h11-16,18,25-26,28,30,34-36,40H,5-10,17,19-24H2,1-4H3,(H,41,43)/t25?,26?,28?,30?,34?,35?,36?,38-,48?/m0/s1. The highest BCUT2D eigenvalue weighted by atomic mass is 35.5. The van der Waals surface area contributed by atoms with Crippen molar-refractivity contribution in [1.29, 1.82) is 0 Å². The Morgan fingerprint density at radius 1 is 1.12 bits per heavy atom. The monoisotopic (exact) mass is 699 g/mol. The first-order chi connectivity index (χ1) is 23.1. The van der Waals surface area contributed by atoms with Crippen molar-refractivity contribution in [3.05, 3.63) is 64.2 Å². The van der Waals surface area contributed by atoms with Crippen molar-refractivity contribution in [1.82, 2.24) is 14.9 Å². The van der Waals surface area contributed by atoms with E-state index in [1.807, 2.05) is 25.1 Å². The van der Waals surface area contributed by atoms with E-state index in [9.17, 15) is 9.00 Å². The van der Waals surface area contributed by atoms with Crippen LogP contribution >= 0.6 is 11.6 Å². The van der Waals surface area contributed by atoms with Crippen LogP contribution in [0.15, 0.2) is 42.5 Å². The van der Waals surface area contributed by atoms with Crippen LogP contribution in [-0.2, 0) is 32.3 Å². The number of benzene rings is 2. The van der Waals surface area contributed by atoms with Crippen LogP contribution in [0.1, 0.15) is 87.2 Å². The molecule has 2 aliphatic carbocycles. The topological polar surface area (TPSA) is 89.1 Å². The number of carbonyl (C=O) groups is 1. The van der Waals surface area contributed by atoms with Crippen LogP contribution < -0.4 is 14.8 Å². The summed E-state index contributed by atoms with van der Waals surface area (Å²) in [6.07, 6.45) is 8.97. The summed E-state index contributed by atoms with van der Waals surface area (Å²) in [5.41, 5.74) is 2.92. The predicted octanol–water partition coefficient (Wildman–Crippen LogP) is 6.27. The van der Waals surface area contributed by atoms with Gasteiger partial charge in [-0.2, -0.15) is 0 Å². The minimum Gasteiger partial charge on any atom is -0.493 e. The number of nitrogens with one attached hydrogen (secondary N) is 2. The van der Waals surface area contributed by atoms with E-state index < -0.39 is 11.0 Å². The van der Waals surface area contributed by atoms with Gasteiger partial charge in [0.2, 0.25) is 0 Å². The Labute approximate surface area is 294 Å². The summed E-state index contributed by atoms with van der Waals surface area (Å²) in [5, 5.41) is 4.02. The summed E-state index contributed by atoms with van der Waals surface area (Å²) in [4.78, 5) is 15.4. The molecule has 1 saturated carbocycles. The molecule has 2 aromatic carbocycles. The van der Waals surface area contributed by atoms with Gasteiger partial charge in [0, 0.05) is 48.6 Å². The molecule has 2 saturated heterocycles. The Kier molecular flexibility index (Phi) is 11.9. The number of amides is 1. The van der Waals surface area contributed by atoms with Crippen molar-refractivity contribution in [3.8, 4) is 5.75 Å². The number of hydrogen-bond donors (Lipinski definition) is 2. The minimum atomic E-state index is -1.44. The molecule has 2 aliphatic heterocycles. The Morgan fingerprint density at radius 3 is 2.54 bits per heavy atom. The Bertz CT molecular complexity index is 1420. The van der Waals surface area contributed by atoms with Gasteiger partial charge >= 0.3 is 0 Å². The average molecular weight is 700 g/mol. The summed E-state index contributed by atoms with van der Waals surface area (Å²) in [7, 11) is 0.812. The molecule has 6 rings (SSSR count). The van der Waals surface area contributed by atoms with E-state index in [0.29, 0.717) is 24.0 Å². The lowest BCUT2D eigenvalue weighted by Crippen LogP contribution is -2.48. The number of carbonyl (C=O) groups excluding carboxylic acids is 1. The van der Waals surface area contributed by atoms with Gasteiger partial charge in [-0.3, -0.25) is 9.52 Å². The summed E-state index contributed by atoms with van der Waals surface area (Å²) in [5.74, 6) is 1.93. The second-order valence-electron chi connectivity index (χ2n) is 14.9. The molecule has 0 bridgehead atoms. The third kappa shape index (κ3) is 8.30. The van der Waals surface area contributed by atoms with Crippen LogP contribution in [0.4, 0.5) is 0 Å². The maximum absolute atomic E-state index is 12.9. The maximum Gasteiger partial charge on any atom is 0.262 e. The number of likely N-dealkylation sites (N-methyl/N-ethyl adjacent to an activating group) is 1. The minimum absolute atomic E-state index is 0.0624. The number of rotatable bonds is 15. The smallest absolute Gasteiger partial charge is 0.262 e. The number of halogens is 1. The lowest BCUT2D eigenvalue weighted by Gasteiger charge is -2.44. The molecule has 0 aromatic heterocycles. The molecule has 2 N–H and O–H groups in total. The lowest BCUT2D eigenvalue weighted by atomic mass is 9.69. The van der Waals surface area contributed by atoms with E-state index in [4.69, 9.17) is 25.8 Å². The van der Waals surface area contributed by atoms with Crippen LogP contribution in [0.3, 0.4) is 0 Å². The zero-order valence-corrected chi connectivity index (χ0v) is 30.6. The molecule has 8 nitrogen and oxygen atoms in total. The normalized spacial score (nSPS) is 29.8. The van der Waals surface area contributed by atoms with E-state index >= 15 is 0 Å². The first-order valence-corrected chi connectivity index (χ1v) is 19.7. The fourth-order valence-electron chi connectivity index (χ4n) is 8.32. The largest absolute Gasteiger partial charge is 0.493 e. The second-order valence-corrected chi connectivity index (χ2v) is 16.9. The molecule has 8 atom stereocenters. The molecule has 264 valence electrons. The number of hydrogen-bond acceptors (Lipinski definition) is 7. The summed E-state index contributed by atoms with van der Waals surface area (Å²) in [6.45, 7) is 10.4. The van der Waals surface area contributed by atoms with E-state index in [-0.39, 0.29) is 41.0 Å². The first kappa shape index (κ1) is 35.8. The van der Waals surface area contributed by atoms with Gasteiger partial charge in [-0.15, -0.1) is 0 Å². The molecule has 7 unspecified atom stereocenters. The van der Waals surface area contributed by atoms with Gasteiger partial charge in [-0.1, -0.05) is 37.9 Å². The zero-order chi connectivity index (χ0) is 33.8. The van der Waals surface area contributed by atoms with Crippen molar-refractivity contribution in [3.63, 3.8) is 0 Å². The van der Waals surface area contributed by atoms with Crippen LogP contribution in [0, 0.1) is 17.8 Å². The van der Waals surface area contributed by atoms with Gasteiger partial charge < -0.3 is 24.4 Å². The highest BCUT2D eigenvalue weighted by molar-refractivity contribution is 7.84. The van der Waals surface area contributed by atoms with Gasteiger partial charge in [0.05, 0.1) is 11.9 Å². The molecule has 3 fully saturated rings. The molecule has 2 aromatic rings. The molecule has 2 heterocycles. The van der Waals surface area contributed by atoms with E-state index in [1.54, 1.807) is 12.1 Å². The SMILES string of the molecule is CCCC(C)C(C)S(=O)NC(=O)c1ccc(OC[C@@]2(CN(C)CC3CCC3CC3OC4CNCC4O3)CCCc3cc(Cl)ccc32)cc1. The molecule has 0 radical (unpaired) electrons. The molecular weight excluding hydrogens is 646 g/mol. The summed E-state index contributed by atoms with van der Waals surface area (Å²) < 4.78 is 34.4. The Hall–Kier alpha value is -2.01. The fraction of sp³-hybridized carbons (Fsp3) is 0.658. The Balaban J connectivity index is 1.08. The van der Waals surface area contributed by atoms with E-state index in [2.05, 4.69) is 48.0 Å². The van der Waals surface area contributed by atoms with Crippen molar-refractivity contribution >= 4 is 28.5 Å². The van der Waals surface area contributed by atoms with Crippen molar-refractivity contribution in [2.75, 3.05) is 39.8 Å². The van der Waals surface area contributed by atoms with Gasteiger partial charge in [-0.25, -0.2) is 4.21 Å². The predicted molar refractivity (Wildman–Crippen MR) is 192 cm³/mol. The molecule has 4 aliphatic rings. The quantitative estimate of drug-likeness (QED) is 0.227. The first-order valence-electron chi connectivity index (χ1n) is 18.1. The molecule has 10 heteroatoms.